The third-order valence-electron chi connectivity index (χ3n) is 1.25. The second-order valence-corrected chi connectivity index (χ2v) is 9.72. The Labute approximate surface area is 74.3 Å². The van der Waals surface area contributed by atoms with Crippen molar-refractivity contribution in [3.8, 4) is 0 Å². The van der Waals surface area contributed by atoms with Crippen molar-refractivity contribution in [2.24, 2.45) is 0 Å². The molecule has 0 N–H and O–H groups in total. The van der Waals surface area contributed by atoms with Gasteiger partial charge in [0.2, 0.25) is 0 Å². The second-order valence-electron chi connectivity index (χ2n) is 1.98. The van der Waals surface area contributed by atoms with Gasteiger partial charge >= 0.3 is 42.6 Å². The molecule has 0 aliphatic heterocycles. The van der Waals surface area contributed by atoms with Gasteiger partial charge in [0.15, 0.2) is 0 Å². The van der Waals surface area contributed by atoms with E-state index in [-0.39, 0.29) is 0 Å². The molecular formula is C5H10Cl3Ti. The number of halogens is 3. The van der Waals surface area contributed by atoms with Crippen LogP contribution >= 0.6 is 27.9 Å². The molecule has 0 aromatic rings. The Hall–Kier alpha value is 1.58. The van der Waals surface area contributed by atoms with Crippen molar-refractivity contribution in [1.29, 1.82) is 0 Å². The van der Waals surface area contributed by atoms with Gasteiger partial charge in [-0.3, -0.25) is 0 Å². The van der Waals surface area contributed by atoms with Crippen molar-refractivity contribution in [2.45, 2.75) is 32.1 Å². The van der Waals surface area contributed by atoms with E-state index in [1.165, 1.54) is 32.1 Å². The van der Waals surface area contributed by atoms with Crippen molar-refractivity contribution in [2.75, 3.05) is 0 Å². The van der Waals surface area contributed by atoms with Gasteiger partial charge in [0, 0.05) is 0 Å². The first-order valence-electron chi connectivity index (χ1n) is 3.07. The summed E-state index contributed by atoms with van der Waals surface area (Å²) >= 11 is -1.92. The van der Waals surface area contributed by atoms with E-state index in [0.29, 0.717) is 0 Å². The Bertz CT molecular complexity index is 43.8. The Kier molecular flexibility index (Phi) is 9.04. The zero-order valence-electron chi connectivity index (χ0n) is 5.17. The number of rotatable bonds is 0. The third kappa shape index (κ3) is 12.7. The average molecular weight is 224 g/mol. The molecule has 0 aromatic heterocycles. The summed E-state index contributed by atoms with van der Waals surface area (Å²) in [5.41, 5.74) is 0. The van der Waals surface area contributed by atoms with E-state index in [0.717, 1.165) is 0 Å². The Morgan fingerprint density at radius 2 is 0.778 bits per heavy atom. The first-order valence-corrected chi connectivity index (χ1v) is 9.51. The van der Waals surface area contributed by atoms with Crippen LogP contribution in [0.25, 0.3) is 0 Å². The van der Waals surface area contributed by atoms with E-state index in [1.54, 1.807) is 0 Å². The Balaban J connectivity index is 0.000000148. The summed E-state index contributed by atoms with van der Waals surface area (Å²) in [5, 5.41) is 0. The molecule has 0 spiro atoms. The van der Waals surface area contributed by atoms with Crippen LogP contribution in [0.2, 0.25) is 0 Å². The molecular weight excluding hydrogens is 214 g/mol. The van der Waals surface area contributed by atoms with Gasteiger partial charge in [-0.2, -0.15) is 0 Å². The molecule has 0 amide bonds. The molecule has 1 fully saturated rings. The Morgan fingerprint density at radius 3 is 0.889 bits per heavy atom. The number of hydrogen-bond acceptors (Lipinski definition) is 0. The van der Waals surface area contributed by atoms with E-state index >= 15 is 0 Å². The molecule has 1 aliphatic rings. The minimum absolute atomic E-state index is 1.50. The topological polar surface area (TPSA) is 0 Å². The summed E-state index contributed by atoms with van der Waals surface area (Å²) in [5.74, 6) is 0. The second kappa shape index (κ2) is 7.69. The first-order chi connectivity index (χ1) is 4.23. The minimum atomic E-state index is -1.92. The molecule has 55 valence electrons. The molecule has 0 saturated heterocycles. The molecule has 4 heteroatoms. The first kappa shape index (κ1) is 10.6. The molecule has 0 radical (unpaired) electrons. The Morgan fingerprint density at radius 1 is 0.667 bits per heavy atom. The SMILES string of the molecule is C1CCCC1.[Cl][Ti]([Cl])[Cl]. The van der Waals surface area contributed by atoms with Crippen molar-refractivity contribution < 1.29 is 14.7 Å². The van der Waals surface area contributed by atoms with Crippen LogP contribution in [0.15, 0.2) is 0 Å². The molecule has 1 saturated carbocycles. The van der Waals surface area contributed by atoms with Crippen LogP contribution in [0.5, 0.6) is 0 Å². The maximum absolute atomic E-state index is 4.97. The van der Waals surface area contributed by atoms with Crippen LogP contribution in [0.4, 0.5) is 0 Å². The van der Waals surface area contributed by atoms with Gasteiger partial charge in [0.1, 0.15) is 0 Å². The molecule has 1 rings (SSSR count). The van der Waals surface area contributed by atoms with E-state index in [9.17, 15) is 0 Å². The van der Waals surface area contributed by atoms with E-state index in [2.05, 4.69) is 0 Å². The summed E-state index contributed by atoms with van der Waals surface area (Å²) in [6.07, 6.45) is 7.50. The fourth-order valence-electron chi connectivity index (χ4n) is 0.884. The average Bonchev–Trinajstić information content (AvgIpc) is 2.11. The predicted octanol–water partition coefficient (Wildman–Crippen LogP) is 4.02. The zero-order valence-corrected chi connectivity index (χ0v) is 9.00. The van der Waals surface area contributed by atoms with Crippen molar-refractivity contribution in [3.05, 3.63) is 0 Å². The summed E-state index contributed by atoms with van der Waals surface area (Å²) < 4.78 is 0. The quantitative estimate of drug-likeness (QED) is 0.545. The monoisotopic (exact) mass is 223 g/mol. The van der Waals surface area contributed by atoms with E-state index in [4.69, 9.17) is 27.9 Å². The van der Waals surface area contributed by atoms with Gasteiger partial charge in [0.25, 0.3) is 0 Å². The normalized spacial score (nSPS) is 16.3. The van der Waals surface area contributed by atoms with Gasteiger partial charge in [-0.05, 0) is 0 Å². The third-order valence-corrected chi connectivity index (χ3v) is 1.25. The molecule has 0 nitrogen and oxygen atoms in total. The fourth-order valence-corrected chi connectivity index (χ4v) is 0.884. The molecule has 0 aromatic carbocycles. The van der Waals surface area contributed by atoms with Crippen molar-refractivity contribution in [1.82, 2.24) is 0 Å². The molecule has 0 atom stereocenters. The van der Waals surface area contributed by atoms with Crippen LogP contribution < -0.4 is 0 Å². The van der Waals surface area contributed by atoms with Crippen LogP contribution in [-0.2, 0) is 14.7 Å². The van der Waals surface area contributed by atoms with Gasteiger partial charge in [-0.1, -0.05) is 32.1 Å². The fraction of sp³-hybridized carbons (Fsp3) is 1.00. The van der Waals surface area contributed by atoms with Crippen LogP contribution in [-0.4, -0.2) is 0 Å². The summed E-state index contributed by atoms with van der Waals surface area (Å²) in [6, 6.07) is 0. The van der Waals surface area contributed by atoms with Crippen molar-refractivity contribution in [3.63, 3.8) is 0 Å². The predicted molar refractivity (Wildman–Crippen MR) is 40.6 cm³/mol. The van der Waals surface area contributed by atoms with E-state index < -0.39 is 14.7 Å². The zero-order chi connectivity index (χ0) is 7.11. The van der Waals surface area contributed by atoms with Crippen LogP contribution in [0.3, 0.4) is 0 Å². The van der Waals surface area contributed by atoms with Crippen LogP contribution in [0.1, 0.15) is 32.1 Å². The van der Waals surface area contributed by atoms with Gasteiger partial charge in [0.05, 0.1) is 0 Å². The van der Waals surface area contributed by atoms with Gasteiger partial charge in [-0.15, -0.1) is 0 Å². The van der Waals surface area contributed by atoms with E-state index in [1.807, 2.05) is 0 Å². The molecule has 0 heterocycles. The molecule has 0 bridgehead atoms. The van der Waals surface area contributed by atoms with Gasteiger partial charge in [-0.25, -0.2) is 0 Å². The maximum atomic E-state index is 4.97. The molecule has 9 heavy (non-hydrogen) atoms. The van der Waals surface area contributed by atoms with Crippen LogP contribution in [0, 0.1) is 0 Å². The summed E-state index contributed by atoms with van der Waals surface area (Å²) in [6.45, 7) is 0. The van der Waals surface area contributed by atoms with Gasteiger partial charge < -0.3 is 0 Å². The molecule has 1 aliphatic carbocycles. The standard InChI is InChI=1S/C5H10.3ClH.Ti/c1-2-4-5-3-1;;;;/h1-5H2;3*1H;/q;;;;+3/p-3. The number of hydrogen-bond donors (Lipinski definition) is 0. The molecule has 0 unspecified atom stereocenters. The summed E-state index contributed by atoms with van der Waals surface area (Å²) in [7, 11) is 14.9. The van der Waals surface area contributed by atoms with Crippen molar-refractivity contribution >= 4 is 27.9 Å². The summed E-state index contributed by atoms with van der Waals surface area (Å²) in [4.78, 5) is 0.